The molecule has 1 atom stereocenters. The van der Waals surface area contributed by atoms with E-state index in [4.69, 9.17) is 5.73 Å². The molecular formula is C16H25ClN2OS. The minimum absolute atomic E-state index is 0. The number of amides is 1. The van der Waals surface area contributed by atoms with Crippen LogP contribution < -0.4 is 11.1 Å². The molecule has 0 aromatic heterocycles. The number of carbonyl (C=O) groups is 1. The smallest absolute Gasteiger partial charge is 0.236 e. The van der Waals surface area contributed by atoms with Gasteiger partial charge in [0, 0.05) is 16.2 Å². The minimum Gasteiger partial charge on any atom is -0.353 e. The van der Waals surface area contributed by atoms with Crippen molar-refractivity contribution in [2.24, 2.45) is 5.73 Å². The highest BCUT2D eigenvalue weighted by molar-refractivity contribution is 8.00. The van der Waals surface area contributed by atoms with Gasteiger partial charge in [0.05, 0.1) is 6.04 Å². The molecule has 1 aliphatic carbocycles. The number of carbonyl (C=O) groups excluding carboxylic acids is 1. The summed E-state index contributed by atoms with van der Waals surface area (Å²) in [6, 6.07) is 8.20. The first-order chi connectivity index (χ1) is 9.51. The molecule has 0 saturated heterocycles. The van der Waals surface area contributed by atoms with Gasteiger partial charge in [-0.25, -0.2) is 0 Å². The Balaban J connectivity index is 0.00000220. The Bertz CT molecular complexity index is 456. The number of nitrogens with one attached hydrogen (secondary N) is 1. The van der Waals surface area contributed by atoms with Crippen LogP contribution in [0.5, 0.6) is 0 Å². The van der Waals surface area contributed by atoms with Crippen LogP contribution in [0.2, 0.25) is 0 Å². The molecule has 1 fully saturated rings. The predicted octanol–water partition coefficient (Wildman–Crippen LogP) is 3.29. The maximum Gasteiger partial charge on any atom is 0.236 e. The molecule has 1 amide bonds. The quantitative estimate of drug-likeness (QED) is 0.872. The van der Waals surface area contributed by atoms with Crippen LogP contribution in [0.3, 0.4) is 0 Å². The van der Waals surface area contributed by atoms with Gasteiger partial charge in [0.15, 0.2) is 0 Å². The Kier molecular flexibility index (Phi) is 7.04. The predicted molar refractivity (Wildman–Crippen MR) is 92.1 cm³/mol. The van der Waals surface area contributed by atoms with Gasteiger partial charge in [-0.1, -0.05) is 30.5 Å². The Labute approximate surface area is 137 Å². The molecular weight excluding hydrogens is 304 g/mol. The van der Waals surface area contributed by atoms with E-state index in [1.165, 1.54) is 23.3 Å². The lowest BCUT2D eigenvalue weighted by Gasteiger charge is -2.29. The second-order valence-electron chi connectivity index (χ2n) is 5.81. The Morgan fingerprint density at radius 2 is 1.90 bits per heavy atom. The highest BCUT2D eigenvalue weighted by Gasteiger charge is 2.35. The van der Waals surface area contributed by atoms with E-state index >= 15 is 0 Å². The van der Waals surface area contributed by atoms with Gasteiger partial charge in [-0.05, 0) is 38.8 Å². The normalized spacial score (nSPS) is 17.9. The molecule has 2 rings (SSSR count). The van der Waals surface area contributed by atoms with Crippen LogP contribution in [-0.4, -0.2) is 23.2 Å². The van der Waals surface area contributed by atoms with Gasteiger partial charge in [-0.15, -0.1) is 24.2 Å². The van der Waals surface area contributed by atoms with Crippen LogP contribution in [0.1, 0.15) is 38.2 Å². The maximum absolute atomic E-state index is 11.7. The van der Waals surface area contributed by atoms with Crippen molar-refractivity contribution in [3.8, 4) is 0 Å². The Morgan fingerprint density at radius 3 is 2.43 bits per heavy atom. The third-order valence-corrected chi connectivity index (χ3v) is 5.36. The van der Waals surface area contributed by atoms with Gasteiger partial charge in [0.1, 0.15) is 0 Å². The number of nitrogens with two attached hydrogens (primary N) is 1. The lowest BCUT2D eigenvalue weighted by molar-refractivity contribution is -0.122. The van der Waals surface area contributed by atoms with E-state index in [2.05, 4.69) is 36.5 Å². The highest BCUT2D eigenvalue weighted by Crippen LogP contribution is 2.44. The van der Waals surface area contributed by atoms with Gasteiger partial charge in [-0.2, -0.15) is 0 Å². The molecule has 3 nitrogen and oxygen atoms in total. The Morgan fingerprint density at radius 1 is 1.33 bits per heavy atom. The molecule has 1 aromatic rings. The van der Waals surface area contributed by atoms with Crippen molar-refractivity contribution in [3.05, 3.63) is 29.8 Å². The molecule has 0 heterocycles. The van der Waals surface area contributed by atoms with Gasteiger partial charge < -0.3 is 11.1 Å². The number of aryl methyl sites for hydroxylation is 1. The van der Waals surface area contributed by atoms with E-state index in [9.17, 15) is 4.79 Å². The summed E-state index contributed by atoms with van der Waals surface area (Å²) in [5.41, 5.74) is 6.89. The van der Waals surface area contributed by atoms with Crippen molar-refractivity contribution >= 4 is 30.1 Å². The van der Waals surface area contributed by atoms with Crippen molar-refractivity contribution in [2.45, 2.75) is 55.2 Å². The fraction of sp³-hybridized carbons (Fsp3) is 0.562. The van der Waals surface area contributed by atoms with Gasteiger partial charge in [-0.3, -0.25) is 4.79 Å². The lowest BCUT2D eigenvalue weighted by atomic mass is 10.1. The molecule has 5 heteroatoms. The zero-order valence-corrected chi connectivity index (χ0v) is 14.4. The first-order valence-electron chi connectivity index (χ1n) is 7.30. The SMILES string of the molecule is Cc1ccc(SC2(CNC(=O)[C@@H](C)N)CCCC2)cc1.Cl. The fourth-order valence-electron chi connectivity index (χ4n) is 2.60. The molecule has 0 aliphatic heterocycles. The summed E-state index contributed by atoms with van der Waals surface area (Å²) in [6.45, 7) is 4.54. The zero-order chi connectivity index (χ0) is 14.6. The van der Waals surface area contributed by atoms with E-state index in [1.807, 2.05) is 11.8 Å². The number of hydrogen-bond donors (Lipinski definition) is 2. The molecule has 3 N–H and O–H groups in total. The van der Waals surface area contributed by atoms with Crippen LogP contribution in [0, 0.1) is 6.92 Å². The number of thioether (sulfide) groups is 1. The number of hydrogen-bond acceptors (Lipinski definition) is 3. The van der Waals surface area contributed by atoms with E-state index in [0.29, 0.717) is 6.54 Å². The zero-order valence-electron chi connectivity index (χ0n) is 12.7. The monoisotopic (exact) mass is 328 g/mol. The largest absolute Gasteiger partial charge is 0.353 e. The molecule has 1 aliphatic rings. The molecule has 0 radical (unpaired) electrons. The highest BCUT2D eigenvalue weighted by atomic mass is 35.5. The summed E-state index contributed by atoms with van der Waals surface area (Å²) in [5.74, 6) is -0.0548. The first kappa shape index (κ1) is 18.3. The van der Waals surface area contributed by atoms with E-state index in [1.54, 1.807) is 6.92 Å². The summed E-state index contributed by atoms with van der Waals surface area (Å²) in [5, 5.41) is 3.01. The van der Waals surface area contributed by atoms with Crippen LogP contribution >= 0.6 is 24.2 Å². The maximum atomic E-state index is 11.7. The van der Waals surface area contributed by atoms with Gasteiger partial charge >= 0.3 is 0 Å². The third kappa shape index (κ3) is 5.20. The van der Waals surface area contributed by atoms with Gasteiger partial charge in [0.25, 0.3) is 0 Å². The molecule has 1 aromatic carbocycles. The molecule has 0 bridgehead atoms. The number of benzene rings is 1. The van der Waals surface area contributed by atoms with Crippen LogP contribution in [0.4, 0.5) is 0 Å². The third-order valence-electron chi connectivity index (χ3n) is 3.87. The molecule has 0 unspecified atom stereocenters. The minimum atomic E-state index is -0.433. The van der Waals surface area contributed by atoms with Crippen molar-refractivity contribution in [3.63, 3.8) is 0 Å². The fourth-order valence-corrected chi connectivity index (χ4v) is 4.01. The van der Waals surface area contributed by atoms with Crippen molar-refractivity contribution < 1.29 is 4.79 Å². The van der Waals surface area contributed by atoms with E-state index in [-0.39, 0.29) is 23.1 Å². The average Bonchev–Trinajstić information content (AvgIpc) is 2.87. The first-order valence-corrected chi connectivity index (χ1v) is 8.11. The van der Waals surface area contributed by atoms with E-state index in [0.717, 1.165) is 12.8 Å². The van der Waals surface area contributed by atoms with Crippen LogP contribution in [-0.2, 0) is 4.79 Å². The standard InChI is InChI=1S/C16H24N2OS.ClH/c1-12-5-7-14(8-6-12)20-16(9-3-4-10-16)11-18-15(19)13(2)17;/h5-8,13H,3-4,9-11,17H2,1-2H3,(H,18,19);1H/t13-;/m1./s1. The second-order valence-corrected chi connectivity index (χ2v) is 7.35. The molecule has 0 spiro atoms. The summed E-state index contributed by atoms with van der Waals surface area (Å²) < 4.78 is 0.139. The van der Waals surface area contributed by atoms with Crippen LogP contribution in [0.15, 0.2) is 29.2 Å². The molecule has 21 heavy (non-hydrogen) atoms. The van der Waals surface area contributed by atoms with E-state index < -0.39 is 6.04 Å². The lowest BCUT2D eigenvalue weighted by Crippen LogP contribution is -2.44. The summed E-state index contributed by atoms with van der Waals surface area (Å²) >= 11 is 1.91. The number of rotatable bonds is 5. The van der Waals surface area contributed by atoms with Crippen molar-refractivity contribution in [2.75, 3.05) is 6.54 Å². The van der Waals surface area contributed by atoms with Crippen molar-refractivity contribution in [1.82, 2.24) is 5.32 Å². The Hall–Kier alpha value is -0.710. The molecule has 1 saturated carbocycles. The van der Waals surface area contributed by atoms with Crippen molar-refractivity contribution in [1.29, 1.82) is 0 Å². The second kappa shape index (κ2) is 8.06. The number of halogens is 1. The topological polar surface area (TPSA) is 55.1 Å². The summed E-state index contributed by atoms with van der Waals surface area (Å²) in [7, 11) is 0. The summed E-state index contributed by atoms with van der Waals surface area (Å²) in [6.07, 6.45) is 4.80. The van der Waals surface area contributed by atoms with Gasteiger partial charge in [0.2, 0.25) is 5.91 Å². The average molecular weight is 329 g/mol. The van der Waals surface area contributed by atoms with Crippen LogP contribution in [0.25, 0.3) is 0 Å². The molecule has 118 valence electrons. The summed E-state index contributed by atoms with van der Waals surface area (Å²) in [4.78, 5) is 13.0.